The normalized spacial score (nSPS) is 12.3. The minimum Gasteiger partial charge on any atom is -0.506 e. The van der Waals surface area contributed by atoms with Crippen LogP contribution in [0.15, 0.2) is 36.4 Å². The Kier molecular flexibility index (Phi) is 4.90. The molecule has 0 aliphatic rings. The number of phenols is 1. The van der Waals surface area contributed by atoms with E-state index in [2.05, 4.69) is 12.2 Å². The Morgan fingerprint density at radius 1 is 1.30 bits per heavy atom. The van der Waals surface area contributed by atoms with E-state index >= 15 is 0 Å². The average molecular weight is 289 g/mol. The maximum absolute atomic E-state index is 12.1. The molecular weight excluding hydrogens is 270 g/mol. The van der Waals surface area contributed by atoms with E-state index < -0.39 is 0 Å². The number of nitrogens with one attached hydrogen (secondary N) is 1. The molecule has 2 aromatic rings. The van der Waals surface area contributed by atoms with Crippen molar-refractivity contribution in [1.82, 2.24) is 5.32 Å². The lowest BCUT2D eigenvalue weighted by atomic mass is 10.0. The van der Waals surface area contributed by atoms with Crippen molar-refractivity contribution < 1.29 is 9.90 Å². The Bertz CT molecular complexity index is 612. The van der Waals surface area contributed by atoms with Crippen molar-refractivity contribution in [3.63, 3.8) is 0 Å². The van der Waals surface area contributed by atoms with Gasteiger partial charge in [0.25, 0.3) is 5.91 Å². The number of phenolic OH excluding ortho intramolecular Hbond substituents is 1. The number of benzene rings is 2. The number of aromatic hydroxyl groups is 1. The molecule has 4 heteroatoms. The van der Waals surface area contributed by atoms with E-state index in [9.17, 15) is 9.90 Å². The number of thioether (sulfide) groups is 1. The van der Waals surface area contributed by atoms with Crippen molar-refractivity contribution in [2.75, 3.05) is 18.6 Å². The monoisotopic (exact) mass is 289 g/mol. The molecule has 3 nitrogen and oxygen atoms in total. The smallest absolute Gasteiger partial charge is 0.255 e. The fraction of sp³-hybridized carbons (Fsp3) is 0.312. The summed E-state index contributed by atoms with van der Waals surface area (Å²) in [6.07, 6.45) is 2.05. The largest absolute Gasteiger partial charge is 0.506 e. The molecule has 2 rings (SSSR count). The molecule has 0 heterocycles. The second kappa shape index (κ2) is 6.66. The van der Waals surface area contributed by atoms with Crippen molar-refractivity contribution in [2.45, 2.75) is 6.92 Å². The van der Waals surface area contributed by atoms with Crippen LogP contribution in [0.5, 0.6) is 5.75 Å². The van der Waals surface area contributed by atoms with Gasteiger partial charge in [0.05, 0.1) is 5.56 Å². The first kappa shape index (κ1) is 14.7. The van der Waals surface area contributed by atoms with Crippen LogP contribution in [-0.4, -0.2) is 29.6 Å². The van der Waals surface area contributed by atoms with Crippen LogP contribution in [0.4, 0.5) is 0 Å². The number of fused-ring (bicyclic) bond motifs is 1. The van der Waals surface area contributed by atoms with Crippen LogP contribution in [0.3, 0.4) is 0 Å². The second-order valence-corrected chi connectivity index (χ2v) is 5.86. The van der Waals surface area contributed by atoms with Crippen molar-refractivity contribution in [2.24, 2.45) is 5.92 Å². The van der Waals surface area contributed by atoms with Crippen LogP contribution in [0.1, 0.15) is 17.3 Å². The average Bonchev–Trinajstić information content (AvgIpc) is 2.46. The fourth-order valence-corrected chi connectivity index (χ4v) is 2.83. The fourth-order valence-electron chi connectivity index (χ4n) is 2.14. The predicted molar refractivity (Wildman–Crippen MR) is 85.5 cm³/mol. The van der Waals surface area contributed by atoms with Gasteiger partial charge < -0.3 is 10.4 Å². The van der Waals surface area contributed by atoms with Gasteiger partial charge in [0, 0.05) is 11.9 Å². The Hall–Kier alpha value is -1.68. The summed E-state index contributed by atoms with van der Waals surface area (Å²) in [6.45, 7) is 2.71. The molecule has 106 valence electrons. The molecule has 0 radical (unpaired) electrons. The first-order valence-corrected chi connectivity index (χ1v) is 8.00. The van der Waals surface area contributed by atoms with Gasteiger partial charge in [-0.2, -0.15) is 11.8 Å². The van der Waals surface area contributed by atoms with Crippen LogP contribution in [-0.2, 0) is 0 Å². The maximum Gasteiger partial charge on any atom is 0.255 e. The zero-order valence-corrected chi connectivity index (χ0v) is 12.5. The van der Waals surface area contributed by atoms with Crippen LogP contribution < -0.4 is 5.32 Å². The number of hydrogen-bond acceptors (Lipinski definition) is 3. The van der Waals surface area contributed by atoms with E-state index in [-0.39, 0.29) is 11.7 Å². The third-order valence-corrected chi connectivity index (χ3v) is 4.11. The van der Waals surface area contributed by atoms with Gasteiger partial charge >= 0.3 is 0 Å². The van der Waals surface area contributed by atoms with Crippen LogP contribution >= 0.6 is 11.8 Å². The number of carbonyl (C=O) groups excluding carboxylic acids is 1. The lowest BCUT2D eigenvalue weighted by Crippen LogP contribution is -2.29. The lowest BCUT2D eigenvalue weighted by Gasteiger charge is -2.12. The van der Waals surface area contributed by atoms with Gasteiger partial charge in [-0.15, -0.1) is 0 Å². The third-order valence-electron chi connectivity index (χ3n) is 3.21. The van der Waals surface area contributed by atoms with Gasteiger partial charge in [0.2, 0.25) is 0 Å². The first-order valence-electron chi connectivity index (χ1n) is 6.61. The summed E-state index contributed by atoms with van der Waals surface area (Å²) in [5.41, 5.74) is 0.333. The highest BCUT2D eigenvalue weighted by Crippen LogP contribution is 2.28. The highest BCUT2D eigenvalue weighted by molar-refractivity contribution is 7.98. The molecule has 1 amide bonds. The molecule has 1 atom stereocenters. The van der Waals surface area contributed by atoms with Crippen LogP contribution in [0, 0.1) is 5.92 Å². The zero-order valence-electron chi connectivity index (χ0n) is 11.7. The van der Waals surface area contributed by atoms with Gasteiger partial charge in [-0.25, -0.2) is 0 Å². The van der Waals surface area contributed by atoms with Crippen molar-refractivity contribution in [3.05, 3.63) is 42.0 Å². The van der Waals surface area contributed by atoms with E-state index in [1.165, 1.54) is 0 Å². The van der Waals surface area contributed by atoms with E-state index in [1.54, 1.807) is 17.8 Å². The second-order valence-electron chi connectivity index (χ2n) is 4.95. The Morgan fingerprint density at radius 2 is 2.05 bits per heavy atom. The Balaban J connectivity index is 2.16. The number of rotatable bonds is 5. The van der Waals surface area contributed by atoms with Crippen LogP contribution in [0.2, 0.25) is 0 Å². The van der Waals surface area contributed by atoms with Crippen molar-refractivity contribution in [1.29, 1.82) is 0 Å². The summed E-state index contributed by atoms with van der Waals surface area (Å²) in [6, 6.07) is 11.0. The molecule has 0 aliphatic heterocycles. The summed E-state index contributed by atoms with van der Waals surface area (Å²) in [4.78, 5) is 12.1. The van der Waals surface area contributed by atoms with Gasteiger partial charge in [0.15, 0.2) is 0 Å². The summed E-state index contributed by atoms with van der Waals surface area (Å²) in [7, 11) is 0. The van der Waals surface area contributed by atoms with Crippen LogP contribution in [0.25, 0.3) is 10.8 Å². The summed E-state index contributed by atoms with van der Waals surface area (Å²) in [5, 5.41) is 14.7. The topological polar surface area (TPSA) is 49.3 Å². The molecule has 0 spiro atoms. The molecule has 20 heavy (non-hydrogen) atoms. The van der Waals surface area contributed by atoms with Gasteiger partial charge in [-0.3, -0.25) is 4.79 Å². The van der Waals surface area contributed by atoms with Crippen molar-refractivity contribution in [3.8, 4) is 5.75 Å². The number of hydrogen-bond donors (Lipinski definition) is 2. The van der Waals surface area contributed by atoms with Gasteiger partial charge in [-0.05, 0) is 29.4 Å². The number of amides is 1. The molecule has 2 N–H and O–H groups in total. The number of carbonyl (C=O) groups is 1. The molecular formula is C16H19NO2S. The predicted octanol–water partition coefficient (Wildman–Crippen LogP) is 3.27. The molecule has 0 saturated carbocycles. The van der Waals surface area contributed by atoms with E-state index in [0.29, 0.717) is 23.4 Å². The molecule has 0 bridgehead atoms. The molecule has 2 aromatic carbocycles. The van der Waals surface area contributed by atoms with Gasteiger partial charge in [0.1, 0.15) is 5.75 Å². The standard InChI is InChI=1S/C16H19NO2S/c1-11(10-20-2)9-17-16(19)14-8-7-12-5-3-4-6-13(12)15(14)18/h3-8,11,18H,9-10H2,1-2H3,(H,17,19). The lowest BCUT2D eigenvalue weighted by molar-refractivity contribution is 0.0947. The highest BCUT2D eigenvalue weighted by atomic mass is 32.2. The Labute approximate surface area is 123 Å². The van der Waals surface area contributed by atoms with E-state index in [4.69, 9.17) is 0 Å². The van der Waals surface area contributed by atoms with Crippen molar-refractivity contribution >= 4 is 28.4 Å². The quantitative estimate of drug-likeness (QED) is 0.888. The molecule has 0 saturated heterocycles. The van der Waals surface area contributed by atoms with E-state index in [1.807, 2.05) is 36.6 Å². The summed E-state index contributed by atoms with van der Waals surface area (Å²) >= 11 is 1.76. The third kappa shape index (κ3) is 3.25. The SMILES string of the molecule is CSCC(C)CNC(=O)c1ccc2ccccc2c1O. The zero-order chi connectivity index (χ0) is 14.5. The summed E-state index contributed by atoms with van der Waals surface area (Å²) < 4.78 is 0. The first-order chi connectivity index (χ1) is 9.63. The highest BCUT2D eigenvalue weighted by Gasteiger charge is 2.14. The minimum absolute atomic E-state index is 0.0538. The minimum atomic E-state index is -0.221. The molecule has 0 fully saturated rings. The maximum atomic E-state index is 12.1. The molecule has 0 aliphatic carbocycles. The Morgan fingerprint density at radius 3 is 2.80 bits per heavy atom. The van der Waals surface area contributed by atoms with Gasteiger partial charge in [-0.1, -0.05) is 37.3 Å². The van der Waals surface area contributed by atoms with E-state index in [0.717, 1.165) is 11.1 Å². The molecule has 1 unspecified atom stereocenters. The summed E-state index contributed by atoms with van der Waals surface area (Å²) in [5.74, 6) is 1.25. The molecule has 0 aromatic heterocycles.